The molecule has 2 aromatic rings. The highest BCUT2D eigenvalue weighted by Crippen LogP contribution is 2.34. The standard InChI is InChI=1S/C14H16F3N3O2.C2H6/c1-8-5-20(6-9(21)22-13(2,3)4)12-10(8)11(14(15,16)17)18-7-19-12;1-2/h5,7H,6H2,1-4H3;1-2H3. The van der Waals surface area contributed by atoms with E-state index in [2.05, 4.69) is 9.97 Å². The van der Waals surface area contributed by atoms with Gasteiger partial charge in [0.25, 0.3) is 0 Å². The third kappa shape index (κ3) is 4.69. The van der Waals surface area contributed by atoms with Gasteiger partial charge in [-0.05, 0) is 33.3 Å². The lowest BCUT2D eigenvalue weighted by molar-refractivity contribution is -0.155. The third-order valence-corrected chi connectivity index (χ3v) is 2.83. The number of carbonyl (C=O) groups excluding carboxylic acids is 1. The number of alkyl halides is 3. The van der Waals surface area contributed by atoms with Crippen LogP contribution in [0.4, 0.5) is 13.2 Å². The van der Waals surface area contributed by atoms with Crippen molar-refractivity contribution < 1.29 is 22.7 Å². The number of nitrogens with zero attached hydrogens (tertiary/aromatic N) is 3. The molecule has 0 atom stereocenters. The predicted octanol–water partition coefficient (Wildman–Crippen LogP) is 4.13. The maximum absolute atomic E-state index is 13.0. The van der Waals surface area contributed by atoms with Gasteiger partial charge in [0, 0.05) is 6.20 Å². The monoisotopic (exact) mass is 345 g/mol. The smallest absolute Gasteiger partial charge is 0.434 e. The van der Waals surface area contributed by atoms with E-state index in [0.717, 1.165) is 6.33 Å². The maximum Gasteiger partial charge on any atom is 0.434 e. The van der Waals surface area contributed by atoms with Gasteiger partial charge in [-0.1, -0.05) is 13.8 Å². The molecule has 0 saturated heterocycles. The fourth-order valence-corrected chi connectivity index (χ4v) is 2.16. The normalized spacial score (nSPS) is 11.9. The Morgan fingerprint density at radius 3 is 2.29 bits per heavy atom. The summed E-state index contributed by atoms with van der Waals surface area (Å²) in [6.07, 6.45) is -2.29. The molecule has 8 heteroatoms. The first-order valence-corrected chi connectivity index (χ1v) is 7.58. The summed E-state index contributed by atoms with van der Waals surface area (Å²) in [6.45, 7) is 10.5. The van der Waals surface area contributed by atoms with Gasteiger partial charge >= 0.3 is 12.1 Å². The lowest BCUT2D eigenvalue weighted by Crippen LogP contribution is -2.26. The highest BCUT2D eigenvalue weighted by molar-refractivity contribution is 5.84. The lowest BCUT2D eigenvalue weighted by Gasteiger charge is -2.19. The first kappa shape index (κ1) is 19.9. The largest absolute Gasteiger partial charge is 0.459 e. The van der Waals surface area contributed by atoms with Crippen molar-refractivity contribution in [1.82, 2.24) is 14.5 Å². The van der Waals surface area contributed by atoms with Gasteiger partial charge < -0.3 is 9.30 Å². The van der Waals surface area contributed by atoms with Crippen molar-refractivity contribution in [3.63, 3.8) is 0 Å². The van der Waals surface area contributed by atoms with E-state index in [-0.39, 0.29) is 17.6 Å². The Balaban J connectivity index is 0.00000139. The number of halogens is 3. The molecule has 0 aromatic carbocycles. The van der Waals surface area contributed by atoms with E-state index in [1.807, 2.05) is 13.8 Å². The van der Waals surface area contributed by atoms with Crippen LogP contribution in [0, 0.1) is 6.92 Å². The maximum atomic E-state index is 13.0. The highest BCUT2D eigenvalue weighted by atomic mass is 19.4. The number of carbonyl (C=O) groups is 1. The van der Waals surface area contributed by atoms with E-state index in [1.165, 1.54) is 17.7 Å². The minimum atomic E-state index is -4.58. The van der Waals surface area contributed by atoms with Crippen molar-refractivity contribution in [2.75, 3.05) is 0 Å². The van der Waals surface area contributed by atoms with E-state index < -0.39 is 23.4 Å². The molecule has 0 bridgehead atoms. The number of ether oxygens (including phenoxy) is 1. The van der Waals surface area contributed by atoms with Crippen LogP contribution in [0.15, 0.2) is 12.5 Å². The molecule has 24 heavy (non-hydrogen) atoms. The highest BCUT2D eigenvalue weighted by Gasteiger charge is 2.36. The van der Waals surface area contributed by atoms with Crippen LogP contribution in [0.5, 0.6) is 0 Å². The van der Waals surface area contributed by atoms with E-state index in [0.29, 0.717) is 5.56 Å². The van der Waals surface area contributed by atoms with Crippen LogP contribution in [0.2, 0.25) is 0 Å². The zero-order valence-electron chi connectivity index (χ0n) is 14.7. The number of aryl methyl sites for hydroxylation is 1. The minimum Gasteiger partial charge on any atom is -0.459 e. The Morgan fingerprint density at radius 2 is 1.79 bits per heavy atom. The molecule has 134 valence electrons. The molecule has 0 aliphatic rings. The number of fused-ring (bicyclic) bond motifs is 1. The topological polar surface area (TPSA) is 57.0 Å². The van der Waals surface area contributed by atoms with Crippen LogP contribution in [0.25, 0.3) is 11.0 Å². The Bertz CT molecular complexity index is 716. The average Bonchev–Trinajstić information content (AvgIpc) is 2.74. The van der Waals surface area contributed by atoms with Gasteiger partial charge in [-0.25, -0.2) is 9.97 Å². The summed E-state index contributed by atoms with van der Waals surface area (Å²) in [7, 11) is 0. The van der Waals surface area contributed by atoms with Crippen molar-refractivity contribution in [3.8, 4) is 0 Å². The second-order valence-electron chi connectivity index (χ2n) is 5.95. The van der Waals surface area contributed by atoms with Crippen LogP contribution in [0.1, 0.15) is 45.9 Å². The van der Waals surface area contributed by atoms with Crippen LogP contribution in [-0.4, -0.2) is 26.1 Å². The number of hydrogen-bond donors (Lipinski definition) is 0. The van der Waals surface area contributed by atoms with Gasteiger partial charge in [-0.2, -0.15) is 13.2 Å². The molecule has 0 unspecified atom stereocenters. The predicted molar refractivity (Wildman–Crippen MR) is 84.5 cm³/mol. The molecular formula is C16H22F3N3O2. The van der Waals surface area contributed by atoms with E-state index in [1.54, 1.807) is 20.8 Å². The zero-order valence-corrected chi connectivity index (χ0v) is 14.7. The van der Waals surface area contributed by atoms with Crippen LogP contribution >= 0.6 is 0 Å². The van der Waals surface area contributed by atoms with E-state index in [9.17, 15) is 18.0 Å². The molecule has 2 heterocycles. The molecule has 0 saturated carbocycles. The lowest BCUT2D eigenvalue weighted by atomic mass is 10.2. The molecule has 2 aromatic heterocycles. The van der Waals surface area contributed by atoms with Crippen LogP contribution in [-0.2, 0) is 22.3 Å². The molecule has 0 radical (unpaired) electrons. The Morgan fingerprint density at radius 1 is 1.21 bits per heavy atom. The fraction of sp³-hybridized carbons (Fsp3) is 0.562. The van der Waals surface area contributed by atoms with Gasteiger partial charge in [0.05, 0.1) is 5.39 Å². The molecule has 5 nitrogen and oxygen atoms in total. The van der Waals surface area contributed by atoms with Crippen LogP contribution in [0.3, 0.4) is 0 Å². The van der Waals surface area contributed by atoms with Gasteiger partial charge in [0.2, 0.25) is 0 Å². The van der Waals surface area contributed by atoms with Crippen LogP contribution < -0.4 is 0 Å². The van der Waals surface area contributed by atoms with Crippen molar-refractivity contribution >= 4 is 17.0 Å². The second kappa shape index (κ2) is 7.19. The average molecular weight is 345 g/mol. The van der Waals surface area contributed by atoms with Crippen molar-refractivity contribution in [3.05, 3.63) is 23.8 Å². The zero-order chi connectivity index (χ0) is 18.7. The van der Waals surface area contributed by atoms with E-state index in [4.69, 9.17) is 4.74 Å². The first-order valence-electron chi connectivity index (χ1n) is 7.58. The quantitative estimate of drug-likeness (QED) is 0.768. The number of rotatable bonds is 2. The summed E-state index contributed by atoms with van der Waals surface area (Å²) in [4.78, 5) is 19.0. The summed E-state index contributed by atoms with van der Waals surface area (Å²) in [5, 5.41) is -0.0986. The summed E-state index contributed by atoms with van der Waals surface area (Å²) in [5.74, 6) is -0.545. The van der Waals surface area contributed by atoms with Gasteiger partial charge in [-0.15, -0.1) is 0 Å². The van der Waals surface area contributed by atoms with Gasteiger partial charge in [0.1, 0.15) is 24.1 Å². The van der Waals surface area contributed by atoms with Crippen molar-refractivity contribution in [1.29, 1.82) is 0 Å². The third-order valence-electron chi connectivity index (χ3n) is 2.83. The molecule has 0 fully saturated rings. The molecule has 0 amide bonds. The van der Waals surface area contributed by atoms with Crippen molar-refractivity contribution in [2.45, 2.75) is 59.9 Å². The number of aromatic nitrogens is 3. The SMILES string of the molecule is CC.Cc1cn(CC(=O)OC(C)(C)C)c2ncnc(C(F)(F)F)c12. The molecule has 0 N–H and O–H groups in total. The van der Waals surface area contributed by atoms with Gasteiger partial charge in [0.15, 0.2) is 5.69 Å². The Kier molecular flexibility index (Phi) is 5.97. The molecule has 0 spiro atoms. The Hall–Kier alpha value is -2.12. The first-order chi connectivity index (χ1) is 11.0. The van der Waals surface area contributed by atoms with Gasteiger partial charge in [-0.3, -0.25) is 4.79 Å². The molecule has 0 aliphatic heterocycles. The summed E-state index contributed by atoms with van der Waals surface area (Å²) >= 11 is 0. The molecule has 2 rings (SSSR count). The Labute approximate surface area is 138 Å². The van der Waals surface area contributed by atoms with Crippen molar-refractivity contribution in [2.24, 2.45) is 0 Å². The van der Waals surface area contributed by atoms with E-state index >= 15 is 0 Å². The summed E-state index contributed by atoms with van der Waals surface area (Å²) in [5.41, 5.74) is -1.25. The molecular weight excluding hydrogens is 323 g/mol. The fourth-order valence-electron chi connectivity index (χ4n) is 2.16. The molecule has 0 aliphatic carbocycles. The number of hydrogen-bond acceptors (Lipinski definition) is 4. The number of esters is 1. The summed E-state index contributed by atoms with van der Waals surface area (Å²) < 4.78 is 45.5. The minimum absolute atomic E-state index is 0.0608. The second-order valence-corrected chi connectivity index (χ2v) is 5.95. The summed E-state index contributed by atoms with van der Waals surface area (Å²) in [6, 6.07) is 0.